The summed E-state index contributed by atoms with van der Waals surface area (Å²) in [6, 6.07) is 10.5. The number of hydrogen-bond donors (Lipinski definition) is 2. The Balaban J connectivity index is 0.00000220. The van der Waals surface area contributed by atoms with Gasteiger partial charge >= 0.3 is 0 Å². The highest BCUT2D eigenvalue weighted by atomic mass is 127. The lowest BCUT2D eigenvalue weighted by Gasteiger charge is -2.14. The van der Waals surface area contributed by atoms with Crippen LogP contribution in [0.2, 0.25) is 0 Å². The fourth-order valence-electron chi connectivity index (χ4n) is 1.87. The molecule has 1 aliphatic rings. The smallest absolute Gasteiger partial charge is 0.192 e. The van der Waals surface area contributed by atoms with Crippen LogP contribution in [0, 0.1) is 12.3 Å². The van der Waals surface area contributed by atoms with Gasteiger partial charge in [-0.1, -0.05) is 24.1 Å². The highest BCUT2D eigenvalue weighted by Crippen LogP contribution is 2.51. The molecule has 5 heteroatoms. The molecule has 0 unspecified atom stereocenters. The molecule has 3 nitrogen and oxygen atoms in total. The number of aliphatic imine (C=N–C) groups is 1. The first-order valence-corrected chi connectivity index (χ1v) is 7.79. The summed E-state index contributed by atoms with van der Waals surface area (Å²) >= 11 is 1.94. The topological polar surface area (TPSA) is 36.4 Å². The molecule has 0 aliphatic heterocycles. The Kier molecular flexibility index (Phi) is 7.97. The maximum absolute atomic E-state index is 5.27. The molecule has 0 heterocycles. The second-order valence-corrected chi connectivity index (χ2v) is 6.39. The standard InChI is InChI=1S/C16H21N3S.HI/c1-3-12-18-15(17-4-2)19-13-16(10-11-16)20-14-8-6-5-7-9-14;/h1,5-9H,4,10-13H2,2H3,(H2,17,18,19);1H. The van der Waals surface area contributed by atoms with E-state index < -0.39 is 0 Å². The van der Waals surface area contributed by atoms with Gasteiger partial charge in [0.25, 0.3) is 0 Å². The first-order valence-electron chi connectivity index (χ1n) is 6.98. The van der Waals surface area contributed by atoms with Gasteiger partial charge in [0.15, 0.2) is 5.96 Å². The Bertz CT molecular complexity index is 492. The van der Waals surface area contributed by atoms with Crippen molar-refractivity contribution in [3.63, 3.8) is 0 Å². The van der Waals surface area contributed by atoms with E-state index in [4.69, 9.17) is 6.42 Å². The zero-order chi connectivity index (χ0) is 14.3. The van der Waals surface area contributed by atoms with E-state index >= 15 is 0 Å². The number of benzene rings is 1. The van der Waals surface area contributed by atoms with Gasteiger partial charge in [0.2, 0.25) is 0 Å². The number of nitrogens with one attached hydrogen (secondary N) is 2. The second kappa shape index (κ2) is 9.21. The molecule has 1 aromatic carbocycles. The Labute approximate surface area is 148 Å². The average molecular weight is 415 g/mol. The predicted molar refractivity (Wildman–Crippen MR) is 102 cm³/mol. The molecular formula is C16H22IN3S. The maximum Gasteiger partial charge on any atom is 0.192 e. The quantitative estimate of drug-likeness (QED) is 0.325. The van der Waals surface area contributed by atoms with E-state index in [0.29, 0.717) is 6.54 Å². The highest BCUT2D eigenvalue weighted by Gasteiger charge is 2.43. The third-order valence-electron chi connectivity index (χ3n) is 3.11. The molecule has 0 aromatic heterocycles. The molecule has 114 valence electrons. The van der Waals surface area contributed by atoms with Gasteiger partial charge in [-0.05, 0) is 31.9 Å². The van der Waals surface area contributed by atoms with Gasteiger partial charge in [0, 0.05) is 16.2 Å². The molecule has 0 atom stereocenters. The normalized spacial score (nSPS) is 15.5. The first-order chi connectivity index (χ1) is 9.78. The van der Waals surface area contributed by atoms with Crippen LogP contribution in [-0.2, 0) is 0 Å². The fourth-order valence-corrected chi connectivity index (χ4v) is 3.10. The van der Waals surface area contributed by atoms with Crippen molar-refractivity contribution in [2.24, 2.45) is 4.99 Å². The molecule has 1 aromatic rings. The van der Waals surface area contributed by atoms with Gasteiger partial charge in [-0.2, -0.15) is 0 Å². The summed E-state index contributed by atoms with van der Waals surface area (Å²) in [5, 5.41) is 6.34. The summed E-state index contributed by atoms with van der Waals surface area (Å²) in [6.07, 6.45) is 7.72. The lowest BCUT2D eigenvalue weighted by Crippen LogP contribution is -2.38. The molecule has 1 fully saturated rings. The van der Waals surface area contributed by atoms with Gasteiger partial charge in [-0.3, -0.25) is 4.99 Å². The van der Waals surface area contributed by atoms with E-state index in [0.717, 1.165) is 19.0 Å². The number of rotatable bonds is 6. The fraction of sp³-hybridized carbons (Fsp3) is 0.438. The van der Waals surface area contributed by atoms with Crippen molar-refractivity contribution in [3.8, 4) is 12.3 Å². The zero-order valence-corrected chi connectivity index (χ0v) is 15.4. The van der Waals surface area contributed by atoms with Crippen molar-refractivity contribution >= 4 is 41.7 Å². The minimum atomic E-state index is 0. The predicted octanol–water partition coefficient (Wildman–Crippen LogP) is 3.12. The highest BCUT2D eigenvalue weighted by molar-refractivity contribution is 14.0. The summed E-state index contributed by atoms with van der Waals surface area (Å²) in [4.78, 5) is 5.98. The van der Waals surface area contributed by atoms with Gasteiger partial charge in [0.05, 0.1) is 13.1 Å². The number of thioether (sulfide) groups is 1. The second-order valence-electron chi connectivity index (χ2n) is 4.85. The van der Waals surface area contributed by atoms with E-state index in [1.807, 2.05) is 11.8 Å². The molecular weight excluding hydrogens is 393 g/mol. The zero-order valence-electron chi connectivity index (χ0n) is 12.3. The molecule has 1 aliphatic carbocycles. The molecule has 0 saturated heterocycles. The van der Waals surface area contributed by atoms with E-state index in [1.54, 1.807) is 0 Å². The minimum Gasteiger partial charge on any atom is -0.357 e. The Morgan fingerprint density at radius 3 is 2.62 bits per heavy atom. The van der Waals surface area contributed by atoms with E-state index in [1.165, 1.54) is 17.7 Å². The van der Waals surface area contributed by atoms with Crippen LogP contribution in [0.4, 0.5) is 0 Å². The van der Waals surface area contributed by atoms with Crippen LogP contribution >= 0.6 is 35.7 Å². The van der Waals surface area contributed by atoms with Crippen LogP contribution in [0.3, 0.4) is 0 Å². The van der Waals surface area contributed by atoms with Gasteiger partial charge in [-0.25, -0.2) is 0 Å². The van der Waals surface area contributed by atoms with Crippen molar-refractivity contribution in [2.75, 3.05) is 19.6 Å². The largest absolute Gasteiger partial charge is 0.357 e. The number of guanidine groups is 1. The van der Waals surface area contributed by atoms with Crippen LogP contribution in [0.25, 0.3) is 0 Å². The molecule has 2 rings (SSSR count). The van der Waals surface area contributed by atoms with Crippen molar-refractivity contribution < 1.29 is 0 Å². The van der Waals surface area contributed by atoms with Crippen molar-refractivity contribution in [2.45, 2.75) is 29.4 Å². The third kappa shape index (κ3) is 6.18. The molecule has 0 amide bonds. The minimum absolute atomic E-state index is 0. The Hall–Kier alpha value is -0.870. The van der Waals surface area contributed by atoms with Crippen LogP contribution in [0.15, 0.2) is 40.2 Å². The summed E-state index contributed by atoms with van der Waals surface area (Å²) < 4.78 is 0.278. The first kappa shape index (κ1) is 18.2. The lowest BCUT2D eigenvalue weighted by molar-refractivity contribution is 0.835. The molecule has 21 heavy (non-hydrogen) atoms. The summed E-state index contributed by atoms with van der Waals surface area (Å²) in [5.41, 5.74) is 0. The third-order valence-corrected chi connectivity index (χ3v) is 4.59. The molecule has 0 bridgehead atoms. The number of terminal acetylenes is 1. The van der Waals surface area contributed by atoms with Gasteiger partial charge in [-0.15, -0.1) is 42.2 Å². The number of halogens is 1. The number of nitrogens with zero attached hydrogens (tertiary/aromatic N) is 1. The van der Waals surface area contributed by atoms with Crippen LogP contribution in [-0.4, -0.2) is 30.3 Å². The molecule has 0 radical (unpaired) electrons. The van der Waals surface area contributed by atoms with Crippen molar-refractivity contribution in [1.29, 1.82) is 0 Å². The summed E-state index contributed by atoms with van der Waals surface area (Å²) in [6.45, 7) is 4.23. The summed E-state index contributed by atoms with van der Waals surface area (Å²) in [7, 11) is 0. The summed E-state index contributed by atoms with van der Waals surface area (Å²) in [5.74, 6) is 3.38. The SMILES string of the molecule is C#CCNC(=NCC1(Sc2ccccc2)CC1)NCC.I. The monoisotopic (exact) mass is 415 g/mol. The van der Waals surface area contributed by atoms with Crippen LogP contribution in [0.1, 0.15) is 19.8 Å². The molecule has 2 N–H and O–H groups in total. The van der Waals surface area contributed by atoms with Crippen LogP contribution in [0.5, 0.6) is 0 Å². The van der Waals surface area contributed by atoms with Crippen molar-refractivity contribution in [3.05, 3.63) is 30.3 Å². The molecule has 1 saturated carbocycles. The van der Waals surface area contributed by atoms with Gasteiger partial charge in [0.1, 0.15) is 0 Å². The van der Waals surface area contributed by atoms with E-state index in [2.05, 4.69) is 58.8 Å². The average Bonchev–Trinajstić information content (AvgIpc) is 3.23. The Morgan fingerprint density at radius 2 is 2.05 bits per heavy atom. The molecule has 0 spiro atoms. The maximum atomic E-state index is 5.27. The van der Waals surface area contributed by atoms with E-state index in [-0.39, 0.29) is 28.7 Å². The van der Waals surface area contributed by atoms with Crippen LogP contribution < -0.4 is 10.6 Å². The lowest BCUT2D eigenvalue weighted by atomic mass is 10.4. The Morgan fingerprint density at radius 1 is 1.33 bits per heavy atom. The van der Waals surface area contributed by atoms with Crippen molar-refractivity contribution in [1.82, 2.24) is 10.6 Å². The number of hydrogen-bond acceptors (Lipinski definition) is 2. The van der Waals surface area contributed by atoms with Gasteiger partial charge < -0.3 is 10.6 Å². The van der Waals surface area contributed by atoms with E-state index in [9.17, 15) is 0 Å².